The first kappa shape index (κ1) is 25.4. The Hall–Kier alpha value is -4.28. The van der Waals surface area contributed by atoms with Crippen LogP contribution in [0.1, 0.15) is 31.2 Å². The first-order valence-electron chi connectivity index (χ1n) is 11.6. The first-order chi connectivity index (χ1) is 18.3. The molecule has 0 saturated carbocycles. The zero-order chi connectivity index (χ0) is 27.0. The molecule has 0 radical (unpaired) electrons. The number of ether oxygens (including phenoxy) is 1. The lowest BCUT2D eigenvalue weighted by Crippen LogP contribution is -2.39. The third kappa shape index (κ3) is 4.59. The highest BCUT2D eigenvalue weighted by Crippen LogP contribution is 2.33. The molecule has 2 aromatic carbocycles. The molecule has 1 aliphatic rings. The Balaban J connectivity index is 1.62. The number of furan rings is 1. The summed E-state index contributed by atoms with van der Waals surface area (Å²) in [5.41, 5.74) is 1.43. The fourth-order valence-corrected chi connectivity index (χ4v) is 5.50. The number of aromatic nitrogens is 1. The van der Waals surface area contributed by atoms with E-state index in [1.54, 1.807) is 32.1 Å². The molecule has 0 aliphatic carbocycles. The Bertz CT molecular complexity index is 1780. The van der Waals surface area contributed by atoms with E-state index in [0.717, 1.165) is 5.56 Å². The Kier molecular flexibility index (Phi) is 6.83. The predicted octanol–water partition coefficient (Wildman–Crippen LogP) is 4.62. The van der Waals surface area contributed by atoms with Crippen molar-refractivity contribution in [1.29, 1.82) is 0 Å². The summed E-state index contributed by atoms with van der Waals surface area (Å²) in [4.78, 5) is 42.2. The standard InChI is InChI=1S/C27H20ClN3O6S/c1-3-36-26(33)23-15(2)29-27-30(24(23)16-7-5-4-6-8-16)25(32)22(38-27)14-18-10-12-21(37-18)19-13-17(31(34)35)9-11-20(19)28/h4-14,24H,3H2,1-2H3/b22-14-. The van der Waals surface area contributed by atoms with Crippen molar-refractivity contribution >= 4 is 40.7 Å². The summed E-state index contributed by atoms with van der Waals surface area (Å²) in [6.07, 6.45) is 1.57. The lowest BCUT2D eigenvalue weighted by Gasteiger charge is -2.24. The van der Waals surface area contributed by atoms with Crippen LogP contribution in [0.25, 0.3) is 17.4 Å². The smallest absolute Gasteiger partial charge is 0.338 e. The van der Waals surface area contributed by atoms with Gasteiger partial charge in [0, 0.05) is 23.8 Å². The molecule has 192 valence electrons. The van der Waals surface area contributed by atoms with Crippen LogP contribution in [0.4, 0.5) is 5.69 Å². The molecule has 3 heterocycles. The fraction of sp³-hybridized carbons (Fsp3) is 0.148. The van der Waals surface area contributed by atoms with Gasteiger partial charge in [0.1, 0.15) is 11.5 Å². The summed E-state index contributed by atoms with van der Waals surface area (Å²) in [7, 11) is 0. The average Bonchev–Trinajstić information content (AvgIpc) is 3.48. The maximum Gasteiger partial charge on any atom is 0.338 e. The van der Waals surface area contributed by atoms with Crippen molar-refractivity contribution in [2.75, 3.05) is 6.61 Å². The van der Waals surface area contributed by atoms with E-state index < -0.39 is 16.9 Å². The topological polar surface area (TPSA) is 117 Å². The number of benzene rings is 2. The predicted molar refractivity (Wildman–Crippen MR) is 143 cm³/mol. The number of thiazole rings is 1. The molecule has 0 fully saturated rings. The maximum absolute atomic E-state index is 13.7. The summed E-state index contributed by atoms with van der Waals surface area (Å²) in [6.45, 7) is 3.64. The second-order valence-electron chi connectivity index (χ2n) is 8.34. The Labute approximate surface area is 224 Å². The number of carbonyl (C=O) groups is 1. The molecular weight excluding hydrogens is 530 g/mol. The van der Waals surface area contributed by atoms with Crippen LogP contribution in [-0.4, -0.2) is 22.1 Å². The minimum absolute atomic E-state index is 0.121. The zero-order valence-electron chi connectivity index (χ0n) is 20.2. The van der Waals surface area contributed by atoms with E-state index >= 15 is 0 Å². The molecule has 4 aromatic rings. The largest absolute Gasteiger partial charge is 0.463 e. The van der Waals surface area contributed by atoms with E-state index in [2.05, 4.69) is 4.99 Å². The number of hydrogen-bond acceptors (Lipinski definition) is 8. The van der Waals surface area contributed by atoms with Gasteiger partial charge in [0.25, 0.3) is 11.2 Å². The van der Waals surface area contributed by atoms with E-state index in [4.69, 9.17) is 20.8 Å². The third-order valence-corrected chi connectivity index (χ3v) is 7.27. The van der Waals surface area contributed by atoms with E-state index in [1.165, 1.54) is 34.1 Å². The van der Waals surface area contributed by atoms with Gasteiger partial charge in [0.2, 0.25) is 0 Å². The summed E-state index contributed by atoms with van der Waals surface area (Å²) in [6, 6.07) is 15.9. The number of esters is 1. The van der Waals surface area contributed by atoms with Crippen molar-refractivity contribution in [2.45, 2.75) is 19.9 Å². The number of nitro benzene ring substituents is 1. The molecule has 11 heteroatoms. The van der Waals surface area contributed by atoms with Gasteiger partial charge in [-0.05, 0) is 37.6 Å². The molecule has 1 aliphatic heterocycles. The van der Waals surface area contributed by atoms with Gasteiger partial charge in [-0.2, -0.15) is 0 Å². The SMILES string of the molecule is CCOC(=O)C1=C(C)N=c2s/c(=C\c3ccc(-c4cc([N+](=O)[O-])ccc4Cl)o3)c(=O)n2C1c1ccccc1. The highest BCUT2D eigenvalue weighted by molar-refractivity contribution is 7.07. The van der Waals surface area contributed by atoms with E-state index in [1.807, 2.05) is 30.3 Å². The van der Waals surface area contributed by atoms with Gasteiger partial charge < -0.3 is 9.15 Å². The fourth-order valence-electron chi connectivity index (χ4n) is 4.26. The van der Waals surface area contributed by atoms with Gasteiger partial charge in [-0.25, -0.2) is 9.79 Å². The molecule has 1 unspecified atom stereocenters. The monoisotopic (exact) mass is 549 g/mol. The van der Waals surface area contributed by atoms with E-state index in [9.17, 15) is 19.7 Å². The van der Waals surface area contributed by atoms with Crippen molar-refractivity contribution in [3.05, 3.63) is 118 Å². The number of halogens is 1. The normalized spacial score (nSPS) is 15.2. The second kappa shape index (κ2) is 10.2. The molecule has 0 spiro atoms. The first-order valence-corrected chi connectivity index (χ1v) is 12.8. The van der Waals surface area contributed by atoms with Crippen LogP contribution in [0.15, 0.2) is 86.1 Å². The van der Waals surface area contributed by atoms with Crippen molar-refractivity contribution in [3.8, 4) is 11.3 Å². The van der Waals surface area contributed by atoms with E-state index in [0.29, 0.717) is 42.7 Å². The maximum atomic E-state index is 13.7. The minimum atomic E-state index is -0.704. The van der Waals surface area contributed by atoms with Gasteiger partial charge >= 0.3 is 5.97 Å². The second-order valence-corrected chi connectivity index (χ2v) is 9.75. The Morgan fingerprint density at radius 3 is 2.71 bits per heavy atom. The van der Waals surface area contributed by atoms with Crippen molar-refractivity contribution < 1.29 is 18.9 Å². The van der Waals surface area contributed by atoms with Gasteiger partial charge in [0.05, 0.1) is 38.4 Å². The quantitative estimate of drug-likeness (QED) is 0.197. The average molecular weight is 550 g/mol. The molecule has 5 rings (SSSR count). The summed E-state index contributed by atoms with van der Waals surface area (Å²) in [5, 5.41) is 11.5. The third-order valence-electron chi connectivity index (χ3n) is 5.96. The number of allylic oxidation sites excluding steroid dienone is 1. The van der Waals surface area contributed by atoms with Crippen LogP contribution in [0.5, 0.6) is 0 Å². The van der Waals surface area contributed by atoms with Gasteiger partial charge in [0.15, 0.2) is 4.80 Å². The van der Waals surface area contributed by atoms with Gasteiger partial charge in [-0.15, -0.1) is 0 Å². The highest BCUT2D eigenvalue weighted by Gasteiger charge is 2.33. The molecule has 9 nitrogen and oxygen atoms in total. The lowest BCUT2D eigenvalue weighted by molar-refractivity contribution is -0.384. The molecule has 0 bridgehead atoms. The van der Waals surface area contributed by atoms with Gasteiger partial charge in [-0.3, -0.25) is 19.5 Å². The van der Waals surface area contributed by atoms with E-state index in [-0.39, 0.29) is 17.9 Å². The number of non-ortho nitro benzene ring substituents is 1. The summed E-state index contributed by atoms with van der Waals surface area (Å²) < 4.78 is 13.0. The van der Waals surface area contributed by atoms with Crippen molar-refractivity contribution in [2.24, 2.45) is 4.99 Å². The minimum Gasteiger partial charge on any atom is -0.463 e. The molecular formula is C27H20ClN3O6S. The summed E-state index contributed by atoms with van der Waals surface area (Å²) >= 11 is 7.42. The number of nitrogens with zero attached hydrogens (tertiary/aromatic N) is 3. The molecule has 2 aromatic heterocycles. The number of fused-ring (bicyclic) bond motifs is 1. The van der Waals surface area contributed by atoms with Crippen LogP contribution < -0.4 is 14.9 Å². The Morgan fingerprint density at radius 2 is 2.00 bits per heavy atom. The molecule has 1 atom stereocenters. The molecule has 0 N–H and O–H groups in total. The lowest BCUT2D eigenvalue weighted by atomic mass is 9.96. The van der Waals surface area contributed by atoms with Crippen molar-refractivity contribution in [3.63, 3.8) is 0 Å². The molecule has 0 amide bonds. The van der Waals surface area contributed by atoms with Crippen LogP contribution in [-0.2, 0) is 9.53 Å². The van der Waals surface area contributed by atoms with Crippen LogP contribution in [0, 0.1) is 10.1 Å². The number of rotatable bonds is 6. The number of hydrogen-bond donors (Lipinski definition) is 0. The molecule has 0 saturated heterocycles. The van der Waals surface area contributed by atoms with Crippen LogP contribution >= 0.6 is 22.9 Å². The van der Waals surface area contributed by atoms with Crippen LogP contribution in [0.2, 0.25) is 5.02 Å². The van der Waals surface area contributed by atoms with Gasteiger partial charge in [-0.1, -0.05) is 53.3 Å². The molecule has 38 heavy (non-hydrogen) atoms. The summed E-state index contributed by atoms with van der Waals surface area (Å²) in [5.74, 6) is 0.146. The highest BCUT2D eigenvalue weighted by atomic mass is 35.5. The Morgan fingerprint density at radius 1 is 1.24 bits per heavy atom. The number of nitro groups is 1. The number of carbonyl (C=O) groups excluding carboxylic acids is 1. The zero-order valence-corrected chi connectivity index (χ0v) is 21.8. The van der Waals surface area contributed by atoms with Crippen LogP contribution in [0.3, 0.4) is 0 Å². The van der Waals surface area contributed by atoms with Crippen molar-refractivity contribution in [1.82, 2.24) is 4.57 Å².